The minimum atomic E-state index is 0.450. The first-order valence-electron chi connectivity index (χ1n) is 4.57. The van der Waals surface area contributed by atoms with Gasteiger partial charge in [-0.25, -0.2) is 9.97 Å². The molecule has 2 rings (SSSR count). The first kappa shape index (κ1) is 9.67. The summed E-state index contributed by atoms with van der Waals surface area (Å²) in [5.41, 5.74) is 7.45. The predicted molar refractivity (Wildman–Crippen MR) is 55.8 cm³/mol. The maximum Gasteiger partial charge on any atom is 0.213 e. The smallest absolute Gasteiger partial charge is 0.213 e. The van der Waals surface area contributed by atoms with Crippen LogP contribution in [0, 0.1) is 0 Å². The van der Waals surface area contributed by atoms with Crippen LogP contribution in [0.4, 0.5) is 0 Å². The zero-order chi connectivity index (χ0) is 10.7. The lowest BCUT2D eigenvalue weighted by Crippen LogP contribution is -2.04. The third-order valence-electron chi connectivity index (χ3n) is 2.13. The Kier molecular flexibility index (Phi) is 2.64. The van der Waals surface area contributed by atoms with Crippen molar-refractivity contribution in [2.24, 2.45) is 5.73 Å². The minimum absolute atomic E-state index is 0.450. The van der Waals surface area contributed by atoms with E-state index in [0.717, 1.165) is 11.4 Å². The topological polar surface area (TPSA) is 66.0 Å². The van der Waals surface area contributed by atoms with Gasteiger partial charge in [0.15, 0.2) is 0 Å². The Hall–Kier alpha value is -1.88. The molecule has 0 aromatic carbocycles. The van der Waals surface area contributed by atoms with Crippen molar-refractivity contribution < 1.29 is 4.74 Å². The van der Waals surface area contributed by atoms with Gasteiger partial charge in [-0.2, -0.15) is 0 Å². The molecule has 2 heterocycles. The fourth-order valence-corrected chi connectivity index (χ4v) is 1.34. The summed E-state index contributed by atoms with van der Waals surface area (Å²) in [5, 5.41) is 0. The van der Waals surface area contributed by atoms with Crippen molar-refractivity contribution in [1.29, 1.82) is 0 Å². The number of hydrogen-bond acceptors (Lipinski definition) is 4. The molecule has 0 aliphatic heterocycles. The first-order valence-corrected chi connectivity index (χ1v) is 4.57. The van der Waals surface area contributed by atoms with Crippen molar-refractivity contribution in [2.45, 2.75) is 6.54 Å². The van der Waals surface area contributed by atoms with Crippen LogP contribution in [0.15, 0.2) is 30.9 Å². The van der Waals surface area contributed by atoms with E-state index in [1.54, 1.807) is 31.9 Å². The molecule has 5 nitrogen and oxygen atoms in total. The van der Waals surface area contributed by atoms with Crippen LogP contribution in [0.25, 0.3) is 5.69 Å². The number of nitrogens with zero attached hydrogens (tertiary/aromatic N) is 3. The molecule has 0 amide bonds. The Morgan fingerprint density at radius 1 is 1.40 bits per heavy atom. The van der Waals surface area contributed by atoms with Gasteiger partial charge in [0.1, 0.15) is 0 Å². The largest absolute Gasteiger partial charge is 0.481 e. The van der Waals surface area contributed by atoms with E-state index in [4.69, 9.17) is 10.5 Å². The SMILES string of the molecule is COc1ccc(-n2cncc2CN)cn1. The van der Waals surface area contributed by atoms with E-state index in [1.165, 1.54) is 0 Å². The van der Waals surface area contributed by atoms with Crippen LogP contribution in [-0.4, -0.2) is 21.6 Å². The lowest BCUT2D eigenvalue weighted by Gasteiger charge is -2.06. The average molecular weight is 204 g/mol. The van der Waals surface area contributed by atoms with Crippen molar-refractivity contribution in [2.75, 3.05) is 7.11 Å². The lowest BCUT2D eigenvalue weighted by molar-refractivity contribution is 0.398. The summed E-state index contributed by atoms with van der Waals surface area (Å²) < 4.78 is 6.88. The van der Waals surface area contributed by atoms with Crippen LogP contribution in [0.1, 0.15) is 5.69 Å². The zero-order valence-corrected chi connectivity index (χ0v) is 8.42. The number of rotatable bonds is 3. The molecule has 5 heteroatoms. The van der Waals surface area contributed by atoms with Gasteiger partial charge in [-0.3, -0.25) is 0 Å². The number of nitrogens with two attached hydrogens (primary N) is 1. The number of methoxy groups -OCH3 is 1. The van der Waals surface area contributed by atoms with Crippen molar-refractivity contribution in [1.82, 2.24) is 14.5 Å². The normalized spacial score (nSPS) is 10.3. The molecule has 0 bridgehead atoms. The van der Waals surface area contributed by atoms with Crippen LogP contribution in [0.2, 0.25) is 0 Å². The molecular weight excluding hydrogens is 192 g/mol. The van der Waals surface area contributed by atoms with Gasteiger partial charge in [0.2, 0.25) is 5.88 Å². The summed E-state index contributed by atoms with van der Waals surface area (Å²) in [4.78, 5) is 8.15. The Balaban J connectivity index is 2.37. The highest BCUT2D eigenvalue weighted by molar-refractivity contribution is 5.33. The standard InChI is InChI=1S/C10H12N4O/c1-15-10-3-2-8(6-13-10)14-7-12-5-9(14)4-11/h2-3,5-7H,4,11H2,1H3. The zero-order valence-electron chi connectivity index (χ0n) is 8.42. The van der Waals surface area contributed by atoms with Gasteiger partial charge < -0.3 is 15.0 Å². The fraction of sp³-hybridized carbons (Fsp3) is 0.200. The van der Waals surface area contributed by atoms with E-state index >= 15 is 0 Å². The third-order valence-corrected chi connectivity index (χ3v) is 2.13. The molecule has 2 aromatic heterocycles. The molecule has 2 N–H and O–H groups in total. The molecule has 0 saturated heterocycles. The van der Waals surface area contributed by atoms with Crippen LogP contribution in [0.3, 0.4) is 0 Å². The van der Waals surface area contributed by atoms with Gasteiger partial charge in [0, 0.05) is 18.8 Å². The molecule has 0 atom stereocenters. The monoisotopic (exact) mass is 204 g/mol. The molecule has 0 saturated carbocycles. The summed E-state index contributed by atoms with van der Waals surface area (Å²) in [6, 6.07) is 3.71. The molecular formula is C10H12N4O. The Morgan fingerprint density at radius 3 is 2.87 bits per heavy atom. The van der Waals surface area contributed by atoms with E-state index in [0.29, 0.717) is 12.4 Å². The van der Waals surface area contributed by atoms with Crippen LogP contribution in [-0.2, 0) is 6.54 Å². The Morgan fingerprint density at radius 2 is 2.27 bits per heavy atom. The molecule has 2 aromatic rings. The second kappa shape index (κ2) is 4.10. The van der Waals surface area contributed by atoms with Gasteiger partial charge in [-0.1, -0.05) is 0 Å². The van der Waals surface area contributed by atoms with Crippen LogP contribution < -0.4 is 10.5 Å². The van der Waals surface area contributed by atoms with E-state index in [2.05, 4.69) is 9.97 Å². The number of ether oxygens (including phenoxy) is 1. The summed E-state index contributed by atoms with van der Waals surface area (Å²) in [6.45, 7) is 0.450. The van der Waals surface area contributed by atoms with Crippen molar-refractivity contribution in [3.05, 3.63) is 36.5 Å². The molecule has 0 unspecified atom stereocenters. The molecule has 0 aliphatic rings. The number of aromatic nitrogens is 3. The average Bonchev–Trinajstić information content (AvgIpc) is 2.77. The molecule has 0 radical (unpaired) electrons. The van der Waals surface area contributed by atoms with Crippen molar-refractivity contribution in [3.63, 3.8) is 0 Å². The fourth-order valence-electron chi connectivity index (χ4n) is 1.34. The Labute approximate surface area is 87.5 Å². The molecule has 0 fully saturated rings. The van der Waals surface area contributed by atoms with Crippen LogP contribution in [0.5, 0.6) is 5.88 Å². The number of pyridine rings is 1. The summed E-state index contributed by atoms with van der Waals surface area (Å²) in [6.07, 6.45) is 5.18. The lowest BCUT2D eigenvalue weighted by atomic mass is 10.4. The quantitative estimate of drug-likeness (QED) is 0.800. The summed E-state index contributed by atoms with van der Waals surface area (Å²) >= 11 is 0. The van der Waals surface area contributed by atoms with Gasteiger partial charge in [0.05, 0.1) is 31.0 Å². The molecule has 0 aliphatic carbocycles. The highest BCUT2D eigenvalue weighted by Gasteiger charge is 2.02. The maximum absolute atomic E-state index is 5.58. The summed E-state index contributed by atoms with van der Waals surface area (Å²) in [5.74, 6) is 0.591. The van der Waals surface area contributed by atoms with Crippen molar-refractivity contribution >= 4 is 0 Å². The molecule has 78 valence electrons. The molecule has 0 spiro atoms. The highest BCUT2D eigenvalue weighted by atomic mass is 16.5. The van der Waals surface area contributed by atoms with E-state index < -0.39 is 0 Å². The summed E-state index contributed by atoms with van der Waals surface area (Å²) in [7, 11) is 1.59. The van der Waals surface area contributed by atoms with E-state index in [-0.39, 0.29) is 0 Å². The second-order valence-corrected chi connectivity index (χ2v) is 3.02. The maximum atomic E-state index is 5.58. The number of imidazole rings is 1. The highest BCUT2D eigenvalue weighted by Crippen LogP contribution is 2.12. The molecule has 15 heavy (non-hydrogen) atoms. The minimum Gasteiger partial charge on any atom is -0.481 e. The predicted octanol–water partition coefficient (Wildman–Crippen LogP) is 0.735. The van der Waals surface area contributed by atoms with E-state index in [9.17, 15) is 0 Å². The number of hydrogen-bond donors (Lipinski definition) is 1. The second-order valence-electron chi connectivity index (χ2n) is 3.02. The first-order chi connectivity index (χ1) is 7.35. The van der Waals surface area contributed by atoms with Gasteiger partial charge in [0.25, 0.3) is 0 Å². The van der Waals surface area contributed by atoms with Gasteiger partial charge in [-0.15, -0.1) is 0 Å². The van der Waals surface area contributed by atoms with Crippen LogP contribution >= 0.6 is 0 Å². The van der Waals surface area contributed by atoms with E-state index in [1.807, 2.05) is 10.6 Å². The van der Waals surface area contributed by atoms with Crippen molar-refractivity contribution in [3.8, 4) is 11.6 Å². The Bertz CT molecular complexity index is 435. The third kappa shape index (κ3) is 1.82. The van der Waals surface area contributed by atoms with Gasteiger partial charge in [-0.05, 0) is 6.07 Å². The van der Waals surface area contributed by atoms with Gasteiger partial charge >= 0.3 is 0 Å².